The van der Waals surface area contributed by atoms with Crippen molar-refractivity contribution in [3.05, 3.63) is 29.6 Å². The third-order valence-electron chi connectivity index (χ3n) is 3.40. The molecule has 0 saturated carbocycles. The lowest BCUT2D eigenvalue weighted by Crippen LogP contribution is -2.36. The minimum Gasteiger partial charge on any atom is -0.481 e. The zero-order valence-corrected chi connectivity index (χ0v) is 10.5. The van der Waals surface area contributed by atoms with Crippen molar-refractivity contribution < 1.29 is 14.3 Å². The Kier molecular flexibility index (Phi) is 4.00. The molecule has 100 valence electrons. The number of carbonyl (C=O) groups is 1. The molecule has 19 heavy (non-hydrogen) atoms. The third-order valence-corrected chi connectivity index (χ3v) is 3.40. The summed E-state index contributed by atoms with van der Waals surface area (Å²) in [5.74, 6) is -1.18. The van der Waals surface area contributed by atoms with Crippen LogP contribution < -0.4 is 4.90 Å². The number of hydrogen-bond acceptors (Lipinski definition) is 3. The number of halogens is 1. The zero-order valence-electron chi connectivity index (χ0n) is 10.5. The van der Waals surface area contributed by atoms with Gasteiger partial charge in [0.1, 0.15) is 5.82 Å². The zero-order chi connectivity index (χ0) is 13.8. The van der Waals surface area contributed by atoms with Crippen LogP contribution in [-0.2, 0) is 4.79 Å². The van der Waals surface area contributed by atoms with E-state index in [-0.39, 0.29) is 12.3 Å². The normalized spacial score (nSPS) is 18.9. The maximum Gasteiger partial charge on any atom is 0.303 e. The molecule has 1 unspecified atom stereocenters. The van der Waals surface area contributed by atoms with E-state index >= 15 is 0 Å². The summed E-state index contributed by atoms with van der Waals surface area (Å²) in [6, 6.07) is 6.29. The first-order valence-electron chi connectivity index (χ1n) is 6.26. The van der Waals surface area contributed by atoms with Gasteiger partial charge in [0.15, 0.2) is 0 Å². The topological polar surface area (TPSA) is 64.3 Å². The van der Waals surface area contributed by atoms with Gasteiger partial charge in [0.25, 0.3) is 0 Å². The molecule has 0 spiro atoms. The maximum absolute atomic E-state index is 13.9. The Morgan fingerprint density at radius 1 is 1.58 bits per heavy atom. The van der Waals surface area contributed by atoms with E-state index in [1.165, 1.54) is 6.07 Å². The van der Waals surface area contributed by atoms with Gasteiger partial charge >= 0.3 is 5.97 Å². The van der Waals surface area contributed by atoms with Crippen LogP contribution >= 0.6 is 0 Å². The fourth-order valence-corrected chi connectivity index (χ4v) is 2.53. The highest BCUT2D eigenvalue weighted by Gasteiger charge is 2.23. The third kappa shape index (κ3) is 3.22. The van der Waals surface area contributed by atoms with Crippen molar-refractivity contribution in [2.75, 3.05) is 18.0 Å². The number of piperidine rings is 1. The predicted molar refractivity (Wildman–Crippen MR) is 68.3 cm³/mol. The fraction of sp³-hybridized carbons (Fsp3) is 0.429. The molecule has 0 aromatic heterocycles. The molecule has 0 aliphatic carbocycles. The highest BCUT2D eigenvalue weighted by molar-refractivity contribution is 5.67. The van der Waals surface area contributed by atoms with E-state index in [1.54, 1.807) is 12.1 Å². The summed E-state index contributed by atoms with van der Waals surface area (Å²) in [4.78, 5) is 12.6. The molecule has 1 N–H and O–H groups in total. The molecule has 2 rings (SSSR count). The first kappa shape index (κ1) is 13.3. The molecular weight excluding hydrogens is 247 g/mol. The fourth-order valence-electron chi connectivity index (χ4n) is 2.53. The molecule has 4 nitrogen and oxygen atoms in total. The molecule has 0 bridgehead atoms. The molecule has 1 saturated heterocycles. The van der Waals surface area contributed by atoms with Gasteiger partial charge in [-0.05, 0) is 37.0 Å². The van der Waals surface area contributed by atoms with Crippen molar-refractivity contribution in [1.82, 2.24) is 0 Å². The first-order chi connectivity index (χ1) is 9.10. The van der Waals surface area contributed by atoms with Gasteiger partial charge in [0.2, 0.25) is 0 Å². The second-order valence-electron chi connectivity index (χ2n) is 4.83. The van der Waals surface area contributed by atoms with Gasteiger partial charge in [0, 0.05) is 19.5 Å². The Hall–Kier alpha value is -2.09. The van der Waals surface area contributed by atoms with Crippen molar-refractivity contribution in [3.63, 3.8) is 0 Å². The van der Waals surface area contributed by atoms with Crippen molar-refractivity contribution in [2.45, 2.75) is 19.3 Å². The van der Waals surface area contributed by atoms with Gasteiger partial charge in [-0.3, -0.25) is 4.79 Å². The van der Waals surface area contributed by atoms with E-state index < -0.39 is 11.8 Å². The van der Waals surface area contributed by atoms with Crippen LogP contribution in [0.4, 0.5) is 10.1 Å². The number of nitriles is 1. The van der Waals surface area contributed by atoms with Crippen LogP contribution in [0.5, 0.6) is 0 Å². The molecule has 0 amide bonds. The van der Waals surface area contributed by atoms with Crippen LogP contribution in [0.1, 0.15) is 24.8 Å². The molecule has 1 atom stereocenters. The largest absolute Gasteiger partial charge is 0.481 e. The Labute approximate surface area is 111 Å². The van der Waals surface area contributed by atoms with E-state index in [1.807, 2.05) is 11.0 Å². The van der Waals surface area contributed by atoms with E-state index in [0.29, 0.717) is 17.8 Å². The van der Waals surface area contributed by atoms with E-state index in [4.69, 9.17) is 10.4 Å². The van der Waals surface area contributed by atoms with Crippen molar-refractivity contribution >= 4 is 11.7 Å². The maximum atomic E-state index is 13.9. The lowest BCUT2D eigenvalue weighted by Gasteiger charge is -2.34. The number of rotatable bonds is 3. The molecule has 1 heterocycles. The molecule has 5 heteroatoms. The quantitative estimate of drug-likeness (QED) is 0.908. The number of hydrogen-bond donors (Lipinski definition) is 1. The highest BCUT2D eigenvalue weighted by atomic mass is 19.1. The molecule has 1 fully saturated rings. The van der Waals surface area contributed by atoms with Crippen molar-refractivity contribution in [1.29, 1.82) is 5.26 Å². The summed E-state index contributed by atoms with van der Waals surface area (Å²) in [6.45, 7) is 1.27. The Morgan fingerprint density at radius 3 is 3.00 bits per heavy atom. The van der Waals surface area contributed by atoms with Crippen LogP contribution in [0, 0.1) is 23.1 Å². The van der Waals surface area contributed by atoms with Crippen molar-refractivity contribution in [2.24, 2.45) is 5.92 Å². The van der Waals surface area contributed by atoms with Gasteiger partial charge in [-0.15, -0.1) is 0 Å². The van der Waals surface area contributed by atoms with E-state index in [2.05, 4.69) is 0 Å². The lowest BCUT2D eigenvalue weighted by molar-refractivity contribution is -0.138. The summed E-state index contributed by atoms with van der Waals surface area (Å²) < 4.78 is 13.9. The van der Waals surface area contributed by atoms with Gasteiger partial charge in [-0.25, -0.2) is 4.39 Å². The number of anilines is 1. The van der Waals surface area contributed by atoms with Gasteiger partial charge in [-0.2, -0.15) is 5.26 Å². The van der Waals surface area contributed by atoms with Crippen LogP contribution in [0.25, 0.3) is 0 Å². The van der Waals surface area contributed by atoms with Crippen LogP contribution in [0.2, 0.25) is 0 Å². The summed E-state index contributed by atoms with van der Waals surface area (Å²) in [7, 11) is 0. The second-order valence-corrected chi connectivity index (χ2v) is 4.83. The summed E-state index contributed by atoms with van der Waals surface area (Å²) in [6.07, 6.45) is 1.84. The van der Waals surface area contributed by atoms with E-state index in [9.17, 15) is 9.18 Å². The van der Waals surface area contributed by atoms with Crippen LogP contribution in [0.3, 0.4) is 0 Å². The Morgan fingerprint density at radius 2 is 2.37 bits per heavy atom. The number of aliphatic carboxylic acids is 1. The smallest absolute Gasteiger partial charge is 0.303 e. The average molecular weight is 262 g/mol. The summed E-state index contributed by atoms with van der Waals surface area (Å²) >= 11 is 0. The minimum absolute atomic E-state index is 0.0568. The average Bonchev–Trinajstić information content (AvgIpc) is 2.38. The monoisotopic (exact) mass is 262 g/mol. The van der Waals surface area contributed by atoms with Crippen molar-refractivity contribution in [3.8, 4) is 6.07 Å². The van der Waals surface area contributed by atoms with Gasteiger partial charge < -0.3 is 10.0 Å². The highest BCUT2D eigenvalue weighted by Crippen LogP contribution is 2.27. The standard InChI is InChI=1S/C14H15FN2O2/c15-12-6-10(8-16)3-4-13(12)17-5-1-2-11(9-17)7-14(18)19/h3-4,6,11H,1-2,5,7,9H2,(H,18,19). The molecule has 1 aromatic rings. The summed E-state index contributed by atoms with van der Waals surface area (Å²) in [5, 5.41) is 17.5. The van der Waals surface area contributed by atoms with Gasteiger partial charge in [-0.1, -0.05) is 0 Å². The SMILES string of the molecule is N#Cc1ccc(N2CCCC(CC(=O)O)C2)c(F)c1. The molecule has 0 radical (unpaired) electrons. The number of carboxylic acids is 1. The molecule has 1 aromatic carbocycles. The number of nitrogens with zero attached hydrogens (tertiary/aromatic N) is 2. The predicted octanol–water partition coefficient (Wildman–Crippen LogP) is 2.39. The van der Waals surface area contributed by atoms with Gasteiger partial charge in [0.05, 0.1) is 17.3 Å². The molecular formula is C14H15FN2O2. The minimum atomic E-state index is -0.813. The Bertz CT molecular complexity index is 525. The Balaban J connectivity index is 2.13. The number of carboxylic acid groups (broad SMARTS) is 1. The van der Waals surface area contributed by atoms with Crippen LogP contribution in [0.15, 0.2) is 18.2 Å². The lowest BCUT2D eigenvalue weighted by atomic mass is 9.94. The first-order valence-corrected chi connectivity index (χ1v) is 6.26. The van der Waals surface area contributed by atoms with E-state index in [0.717, 1.165) is 19.4 Å². The second kappa shape index (κ2) is 5.70. The van der Waals surface area contributed by atoms with Crippen LogP contribution in [-0.4, -0.2) is 24.2 Å². The number of benzene rings is 1. The summed E-state index contributed by atoms with van der Waals surface area (Å²) in [5.41, 5.74) is 0.745. The molecule has 1 aliphatic rings. The molecule has 1 aliphatic heterocycles.